The molecule has 1 rings (SSSR count). The fourth-order valence-electron chi connectivity index (χ4n) is 1.72. The van der Waals surface area contributed by atoms with E-state index in [0.717, 1.165) is 12.0 Å². The number of rotatable bonds is 5. The number of aliphatic hydroxyl groups is 1. The van der Waals surface area contributed by atoms with Crippen LogP contribution in [0, 0.1) is 5.92 Å². The van der Waals surface area contributed by atoms with Crippen LogP contribution in [0.4, 0.5) is 0 Å². The average Bonchev–Trinajstić information content (AvgIpc) is 2.26. The molecule has 0 heterocycles. The van der Waals surface area contributed by atoms with Crippen LogP contribution in [0.5, 0.6) is 0 Å². The van der Waals surface area contributed by atoms with E-state index in [0.29, 0.717) is 0 Å². The van der Waals surface area contributed by atoms with Crippen LogP contribution in [-0.4, -0.2) is 5.11 Å². The summed E-state index contributed by atoms with van der Waals surface area (Å²) < 4.78 is 0. The zero-order valence-corrected chi connectivity index (χ0v) is 11.0. The van der Waals surface area contributed by atoms with E-state index in [1.807, 2.05) is 20.8 Å². The summed E-state index contributed by atoms with van der Waals surface area (Å²) in [4.78, 5) is 0. The third kappa shape index (κ3) is 3.08. The molecule has 1 heteroatoms. The Hall–Kier alpha value is -0.820. The zero-order valence-electron chi connectivity index (χ0n) is 11.0. The van der Waals surface area contributed by atoms with Gasteiger partial charge < -0.3 is 5.11 Å². The Morgan fingerprint density at radius 3 is 2.19 bits per heavy atom. The second-order valence-corrected chi connectivity index (χ2v) is 5.10. The first-order valence-corrected chi connectivity index (χ1v) is 6.30. The highest BCUT2D eigenvalue weighted by atomic mass is 16.3. The summed E-state index contributed by atoms with van der Waals surface area (Å²) in [5.74, 6) is 0.231. The van der Waals surface area contributed by atoms with E-state index in [2.05, 4.69) is 31.2 Å². The molecule has 0 fully saturated rings. The van der Waals surface area contributed by atoms with Crippen LogP contribution >= 0.6 is 0 Å². The molecule has 0 amide bonds. The summed E-state index contributed by atoms with van der Waals surface area (Å²) in [6, 6.07) is 8.40. The minimum Gasteiger partial charge on any atom is -0.385 e. The van der Waals surface area contributed by atoms with Gasteiger partial charge in [-0.2, -0.15) is 0 Å². The Labute approximate surface area is 99.5 Å². The molecule has 0 aliphatic carbocycles. The van der Waals surface area contributed by atoms with Crippen molar-refractivity contribution in [2.75, 3.05) is 0 Å². The van der Waals surface area contributed by atoms with Crippen LogP contribution in [-0.2, 0) is 12.0 Å². The summed E-state index contributed by atoms with van der Waals surface area (Å²) in [7, 11) is 0. The molecule has 16 heavy (non-hydrogen) atoms. The van der Waals surface area contributed by atoms with Gasteiger partial charge in [0, 0.05) is 0 Å². The van der Waals surface area contributed by atoms with Crippen molar-refractivity contribution in [1.82, 2.24) is 0 Å². The SMILES string of the molecule is CCCCc1ccc([C@@](C)(O)C(C)C)cc1. The lowest BCUT2D eigenvalue weighted by atomic mass is 9.85. The third-order valence-corrected chi connectivity index (χ3v) is 3.48. The first-order chi connectivity index (χ1) is 7.48. The normalized spacial score (nSPS) is 15.1. The highest BCUT2D eigenvalue weighted by molar-refractivity contribution is 5.27. The van der Waals surface area contributed by atoms with Crippen molar-refractivity contribution in [1.29, 1.82) is 0 Å². The molecular formula is C15H24O. The molecule has 1 aromatic rings. The molecule has 0 bridgehead atoms. The highest BCUT2D eigenvalue weighted by Gasteiger charge is 2.26. The van der Waals surface area contributed by atoms with Crippen molar-refractivity contribution in [2.24, 2.45) is 5.92 Å². The minimum absolute atomic E-state index is 0.231. The Bertz CT molecular complexity index is 309. The molecule has 1 atom stereocenters. The molecule has 90 valence electrons. The van der Waals surface area contributed by atoms with Crippen molar-refractivity contribution in [3.8, 4) is 0 Å². The van der Waals surface area contributed by atoms with Gasteiger partial charge >= 0.3 is 0 Å². The molecule has 0 saturated carbocycles. The lowest BCUT2D eigenvalue weighted by Gasteiger charge is -2.28. The molecule has 0 aromatic heterocycles. The maximum atomic E-state index is 10.3. The van der Waals surface area contributed by atoms with Gasteiger partial charge in [0.1, 0.15) is 0 Å². The molecule has 0 aliphatic rings. The first-order valence-electron chi connectivity index (χ1n) is 6.30. The van der Waals surface area contributed by atoms with E-state index >= 15 is 0 Å². The van der Waals surface area contributed by atoms with Crippen molar-refractivity contribution in [2.45, 2.75) is 52.6 Å². The second kappa shape index (κ2) is 5.49. The quantitative estimate of drug-likeness (QED) is 0.798. The van der Waals surface area contributed by atoms with E-state index in [4.69, 9.17) is 0 Å². The Kier molecular flexibility index (Phi) is 4.55. The smallest absolute Gasteiger partial charge is 0.0891 e. The van der Waals surface area contributed by atoms with Crippen molar-refractivity contribution in [3.63, 3.8) is 0 Å². The van der Waals surface area contributed by atoms with Crippen LogP contribution in [0.1, 0.15) is 51.7 Å². The van der Waals surface area contributed by atoms with Crippen LogP contribution in [0.3, 0.4) is 0 Å². The largest absolute Gasteiger partial charge is 0.385 e. The number of unbranched alkanes of at least 4 members (excludes halogenated alkanes) is 1. The monoisotopic (exact) mass is 220 g/mol. The van der Waals surface area contributed by atoms with Crippen LogP contribution in [0.15, 0.2) is 24.3 Å². The Morgan fingerprint density at radius 2 is 1.75 bits per heavy atom. The summed E-state index contributed by atoms with van der Waals surface area (Å²) in [6.45, 7) is 8.19. The molecule has 1 N–H and O–H groups in total. The third-order valence-electron chi connectivity index (χ3n) is 3.48. The molecular weight excluding hydrogens is 196 g/mol. The summed E-state index contributed by atoms with van der Waals surface area (Å²) >= 11 is 0. The van der Waals surface area contributed by atoms with E-state index in [1.54, 1.807) is 0 Å². The standard InChI is InChI=1S/C15H24O/c1-5-6-7-13-8-10-14(11-9-13)15(4,16)12(2)3/h8-12,16H,5-7H2,1-4H3/t15-/m0/s1. The summed E-state index contributed by atoms with van der Waals surface area (Å²) in [6.07, 6.45) is 3.60. The van der Waals surface area contributed by atoms with Gasteiger partial charge in [-0.3, -0.25) is 0 Å². The summed E-state index contributed by atoms with van der Waals surface area (Å²) in [5, 5.41) is 10.3. The predicted octanol–water partition coefficient (Wildman–Crippen LogP) is 3.89. The van der Waals surface area contributed by atoms with Crippen molar-refractivity contribution in [3.05, 3.63) is 35.4 Å². The van der Waals surface area contributed by atoms with Gasteiger partial charge in [0.05, 0.1) is 5.60 Å². The molecule has 1 aromatic carbocycles. The molecule has 1 nitrogen and oxygen atoms in total. The average molecular weight is 220 g/mol. The number of hydrogen-bond donors (Lipinski definition) is 1. The number of benzene rings is 1. The molecule has 0 spiro atoms. The Morgan fingerprint density at radius 1 is 1.19 bits per heavy atom. The highest BCUT2D eigenvalue weighted by Crippen LogP contribution is 2.28. The fraction of sp³-hybridized carbons (Fsp3) is 0.600. The summed E-state index contributed by atoms with van der Waals surface area (Å²) in [5.41, 5.74) is 1.66. The van der Waals surface area contributed by atoms with Crippen LogP contribution < -0.4 is 0 Å². The molecule has 0 saturated heterocycles. The van der Waals surface area contributed by atoms with Gasteiger partial charge in [-0.05, 0) is 36.8 Å². The van der Waals surface area contributed by atoms with E-state index in [1.165, 1.54) is 18.4 Å². The lowest BCUT2D eigenvalue weighted by Crippen LogP contribution is -2.27. The van der Waals surface area contributed by atoms with E-state index < -0.39 is 5.60 Å². The van der Waals surface area contributed by atoms with Crippen LogP contribution in [0.25, 0.3) is 0 Å². The minimum atomic E-state index is -0.719. The number of aryl methyl sites for hydroxylation is 1. The van der Waals surface area contributed by atoms with Crippen LogP contribution in [0.2, 0.25) is 0 Å². The van der Waals surface area contributed by atoms with Crippen molar-refractivity contribution >= 4 is 0 Å². The maximum absolute atomic E-state index is 10.3. The molecule has 0 unspecified atom stereocenters. The fourth-order valence-corrected chi connectivity index (χ4v) is 1.72. The number of hydrogen-bond acceptors (Lipinski definition) is 1. The van der Waals surface area contributed by atoms with E-state index in [9.17, 15) is 5.11 Å². The van der Waals surface area contributed by atoms with Crippen molar-refractivity contribution < 1.29 is 5.11 Å². The van der Waals surface area contributed by atoms with E-state index in [-0.39, 0.29) is 5.92 Å². The first kappa shape index (κ1) is 13.2. The zero-order chi connectivity index (χ0) is 12.2. The van der Waals surface area contributed by atoms with Gasteiger partial charge in [0.2, 0.25) is 0 Å². The van der Waals surface area contributed by atoms with Gasteiger partial charge in [-0.15, -0.1) is 0 Å². The molecule has 0 aliphatic heterocycles. The van der Waals surface area contributed by atoms with Gasteiger partial charge in [0.25, 0.3) is 0 Å². The van der Waals surface area contributed by atoms with Gasteiger partial charge in [-0.1, -0.05) is 51.5 Å². The maximum Gasteiger partial charge on any atom is 0.0891 e. The topological polar surface area (TPSA) is 20.2 Å². The second-order valence-electron chi connectivity index (χ2n) is 5.10. The van der Waals surface area contributed by atoms with Gasteiger partial charge in [-0.25, -0.2) is 0 Å². The Balaban J connectivity index is 2.78. The molecule has 0 radical (unpaired) electrons. The van der Waals surface area contributed by atoms with Gasteiger partial charge in [0.15, 0.2) is 0 Å². The predicted molar refractivity (Wildman–Crippen MR) is 69.5 cm³/mol. The lowest BCUT2D eigenvalue weighted by molar-refractivity contribution is 0.00904.